The molecule has 1 fully saturated rings. The number of hydrazine groups is 1. The molecule has 0 bridgehead atoms. The molecule has 1 rings (SSSR count). The van der Waals surface area contributed by atoms with Gasteiger partial charge < -0.3 is 5.43 Å². The van der Waals surface area contributed by atoms with Crippen molar-refractivity contribution < 1.29 is 0 Å². The largest absolute Gasteiger partial charge is 0.313 e. The smallest absolute Gasteiger partial charge is 0.107 e. The Balaban J connectivity index is 2.27. The molecule has 0 spiro atoms. The fraction of sp³-hybridized carbons (Fsp3) is 0.800. The first-order chi connectivity index (χ1) is 3.83. The zero-order valence-electron chi connectivity index (χ0n) is 5.02. The molecule has 3 nitrogen and oxygen atoms in total. The molecule has 1 aliphatic carbocycles. The van der Waals surface area contributed by atoms with E-state index in [-0.39, 0.29) is 0 Å². The van der Waals surface area contributed by atoms with Gasteiger partial charge >= 0.3 is 0 Å². The van der Waals surface area contributed by atoms with Crippen molar-refractivity contribution in [3.8, 4) is 0 Å². The first-order valence-electron chi connectivity index (χ1n) is 2.84. The number of hydrogen-bond acceptors (Lipinski definition) is 2. The average Bonchev–Trinajstić information content (AvgIpc) is 2.50. The number of nitrogens with one attached hydrogen (secondary N) is 1. The Morgan fingerprint density at radius 1 is 1.75 bits per heavy atom. The number of nitrogens with two attached hydrogens (primary N) is 1. The Morgan fingerprint density at radius 3 is 2.75 bits per heavy atom. The van der Waals surface area contributed by atoms with Gasteiger partial charge in [-0.1, -0.05) is 0 Å². The molecule has 3 N–H and O–H groups in total. The second-order valence-electron chi connectivity index (χ2n) is 2.09. The molecule has 0 aliphatic heterocycles. The van der Waals surface area contributed by atoms with Gasteiger partial charge in [-0.15, -0.1) is 0 Å². The Morgan fingerprint density at radius 2 is 2.38 bits per heavy atom. The van der Waals surface area contributed by atoms with Crippen LogP contribution in [0.25, 0.3) is 0 Å². The standard InChI is InChI=1S/C5H11N3/c1-4(8-6)7-5-2-3-5/h5H,2-3,6H2,1H3,(H,7,8). The Labute approximate surface area is 48.9 Å². The maximum atomic E-state index is 5.07. The number of rotatable bonds is 1. The molecule has 1 aliphatic rings. The van der Waals surface area contributed by atoms with E-state index in [0.717, 1.165) is 5.84 Å². The molecule has 46 valence electrons. The Kier molecular flexibility index (Phi) is 1.48. The van der Waals surface area contributed by atoms with Crippen LogP contribution in [0.4, 0.5) is 0 Å². The Hall–Kier alpha value is -0.570. The van der Waals surface area contributed by atoms with Gasteiger partial charge in [0.2, 0.25) is 0 Å². The molecule has 0 aromatic rings. The highest BCUT2D eigenvalue weighted by molar-refractivity contribution is 5.79. The summed E-state index contributed by atoms with van der Waals surface area (Å²) in [6.07, 6.45) is 2.47. The molecule has 3 heteroatoms. The third-order valence-electron chi connectivity index (χ3n) is 1.13. The summed E-state index contributed by atoms with van der Waals surface area (Å²) in [5.74, 6) is 5.91. The highest BCUT2D eigenvalue weighted by atomic mass is 15.2. The lowest BCUT2D eigenvalue weighted by molar-refractivity contribution is 0.964. The third-order valence-corrected chi connectivity index (χ3v) is 1.13. The molecule has 8 heavy (non-hydrogen) atoms. The van der Waals surface area contributed by atoms with Crippen molar-refractivity contribution in [2.24, 2.45) is 10.8 Å². The van der Waals surface area contributed by atoms with Crippen molar-refractivity contribution in [2.45, 2.75) is 25.8 Å². The molecular weight excluding hydrogens is 102 g/mol. The number of hydrogen-bond donors (Lipinski definition) is 2. The lowest BCUT2D eigenvalue weighted by atomic mass is 10.6. The zero-order chi connectivity index (χ0) is 5.98. The van der Waals surface area contributed by atoms with E-state index in [1.807, 2.05) is 6.92 Å². The van der Waals surface area contributed by atoms with E-state index in [4.69, 9.17) is 5.84 Å². The quantitative estimate of drug-likeness (QED) is 0.218. The van der Waals surface area contributed by atoms with Gasteiger partial charge in [0, 0.05) is 0 Å². The maximum absolute atomic E-state index is 5.07. The van der Waals surface area contributed by atoms with Crippen molar-refractivity contribution in [3.05, 3.63) is 0 Å². The van der Waals surface area contributed by atoms with E-state index in [2.05, 4.69) is 10.4 Å². The van der Waals surface area contributed by atoms with E-state index in [0.29, 0.717) is 6.04 Å². The molecule has 0 aromatic heterocycles. The molecule has 0 atom stereocenters. The Bertz CT molecular complexity index is 104. The van der Waals surface area contributed by atoms with Gasteiger partial charge in [0.25, 0.3) is 0 Å². The molecule has 1 saturated carbocycles. The van der Waals surface area contributed by atoms with E-state index < -0.39 is 0 Å². The van der Waals surface area contributed by atoms with Crippen molar-refractivity contribution in [2.75, 3.05) is 0 Å². The predicted molar refractivity (Wildman–Crippen MR) is 33.5 cm³/mol. The van der Waals surface area contributed by atoms with Gasteiger partial charge in [-0.2, -0.15) is 0 Å². The van der Waals surface area contributed by atoms with E-state index in [1.165, 1.54) is 12.8 Å². The fourth-order valence-corrected chi connectivity index (χ4v) is 0.515. The summed E-state index contributed by atoms with van der Waals surface area (Å²) in [6, 6.07) is 0.575. The van der Waals surface area contributed by atoms with Gasteiger partial charge in [0.1, 0.15) is 5.84 Å². The molecular formula is C5H11N3. The minimum Gasteiger partial charge on any atom is -0.313 e. The topological polar surface area (TPSA) is 50.4 Å². The molecule has 0 radical (unpaired) electrons. The maximum Gasteiger partial charge on any atom is 0.107 e. The lowest BCUT2D eigenvalue weighted by Gasteiger charge is -1.94. The second-order valence-corrected chi connectivity index (χ2v) is 2.09. The summed E-state index contributed by atoms with van der Waals surface area (Å²) < 4.78 is 0. The predicted octanol–water partition coefficient (Wildman–Crippen LogP) is 0.0305. The average molecular weight is 113 g/mol. The first kappa shape index (κ1) is 5.56. The van der Waals surface area contributed by atoms with Crippen LogP contribution < -0.4 is 11.3 Å². The van der Waals surface area contributed by atoms with Crippen LogP contribution in [0.1, 0.15) is 19.8 Å². The summed E-state index contributed by atoms with van der Waals surface area (Å²) in [4.78, 5) is 4.19. The highest BCUT2D eigenvalue weighted by Crippen LogP contribution is 2.23. The summed E-state index contributed by atoms with van der Waals surface area (Å²) in [7, 11) is 0. The third kappa shape index (κ3) is 1.50. The van der Waals surface area contributed by atoms with Gasteiger partial charge in [-0.25, -0.2) is 5.84 Å². The van der Waals surface area contributed by atoms with Crippen LogP contribution in [0.3, 0.4) is 0 Å². The number of aliphatic imine (C=N–C) groups is 1. The minimum absolute atomic E-state index is 0.575. The van der Waals surface area contributed by atoms with Crippen LogP contribution in [-0.2, 0) is 0 Å². The van der Waals surface area contributed by atoms with Gasteiger partial charge in [-0.3, -0.25) is 4.99 Å². The molecule has 0 saturated heterocycles. The van der Waals surface area contributed by atoms with Crippen LogP contribution >= 0.6 is 0 Å². The second kappa shape index (κ2) is 2.13. The van der Waals surface area contributed by atoms with E-state index in [9.17, 15) is 0 Å². The number of amidine groups is 1. The van der Waals surface area contributed by atoms with Crippen LogP contribution in [0.15, 0.2) is 4.99 Å². The summed E-state index contributed by atoms with van der Waals surface area (Å²) >= 11 is 0. The van der Waals surface area contributed by atoms with E-state index in [1.54, 1.807) is 0 Å². The lowest BCUT2D eigenvalue weighted by Crippen LogP contribution is -2.27. The first-order valence-corrected chi connectivity index (χ1v) is 2.84. The zero-order valence-corrected chi connectivity index (χ0v) is 5.02. The SMILES string of the molecule is CC(=NC1CC1)NN. The van der Waals surface area contributed by atoms with Gasteiger partial charge in [-0.05, 0) is 19.8 Å². The van der Waals surface area contributed by atoms with Crippen LogP contribution in [-0.4, -0.2) is 11.9 Å². The molecule has 0 aromatic carbocycles. The normalized spacial score (nSPS) is 21.0. The van der Waals surface area contributed by atoms with E-state index >= 15 is 0 Å². The van der Waals surface area contributed by atoms with Crippen LogP contribution in [0.2, 0.25) is 0 Å². The monoisotopic (exact) mass is 113 g/mol. The summed E-state index contributed by atoms with van der Waals surface area (Å²) in [5.41, 5.74) is 2.49. The van der Waals surface area contributed by atoms with Crippen LogP contribution in [0, 0.1) is 0 Å². The fourth-order valence-electron chi connectivity index (χ4n) is 0.515. The van der Waals surface area contributed by atoms with Gasteiger partial charge in [0.15, 0.2) is 0 Å². The molecule has 0 heterocycles. The van der Waals surface area contributed by atoms with Crippen molar-refractivity contribution in [1.82, 2.24) is 5.43 Å². The minimum atomic E-state index is 0.575. The molecule has 0 unspecified atom stereocenters. The van der Waals surface area contributed by atoms with Crippen molar-refractivity contribution in [1.29, 1.82) is 0 Å². The molecule has 0 amide bonds. The highest BCUT2D eigenvalue weighted by Gasteiger charge is 2.19. The van der Waals surface area contributed by atoms with Gasteiger partial charge in [0.05, 0.1) is 6.04 Å². The number of nitrogens with zero attached hydrogens (tertiary/aromatic N) is 1. The summed E-state index contributed by atoms with van der Waals surface area (Å²) in [5, 5.41) is 0. The van der Waals surface area contributed by atoms with Crippen molar-refractivity contribution in [3.63, 3.8) is 0 Å². The summed E-state index contributed by atoms with van der Waals surface area (Å²) in [6.45, 7) is 1.87. The van der Waals surface area contributed by atoms with Crippen molar-refractivity contribution >= 4 is 5.84 Å². The van der Waals surface area contributed by atoms with Crippen LogP contribution in [0.5, 0.6) is 0 Å².